The molecule has 0 saturated heterocycles. The molecule has 0 aromatic heterocycles. The van der Waals surface area contributed by atoms with Crippen molar-refractivity contribution >= 4 is 26.5 Å². The second-order valence-corrected chi connectivity index (χ2v) is 4.68. The third-order valence-corrected chi connectivity index (χ3v) is 3.20. The summed E-state index contributed by atoms with van der Waals surface area (Å²) in [4.78, 5) is 14.1. The van der Waals surface area contributed by atoms with Crippen LogP contribution >= 0.6 is 0 Å². The van der Waals surface area contributed by atoms with Crippen LogP contribution in [0.15, 0.2) is 30.3 Å². The van der Waals surface area contributed by atoms with Crippen LogP contribution in [0.2, 0.25) is 0 Å². The van der Waals surface area contributed by atoms with E-state index in [0.29, 0.717) is 0 Å². The lowest BCUT2D eigenvalue weighted by atomic mass is 9.95. The predicted molar refractivity (Wildman–Crippen MR) is 56.4 cm³/mol. The highest BCUT2D eigenvalue weighted by molar-refractivity contribution is 7.95. The molecule has 6 nitrogen and oxygen atoms in total. The summed E-state index contributed by atoms with van der Waals surface area (Å²) in [7, 11) is -4.71. The number of fused-ring (bicyclic) bond motifs is 1. The maximum absolute atomic E-state index is 11.7. The minimum atomic E-state index is -4.71. The average Bonchev–Trinajstić information content (AvgIpc) is 2.28. The predicted octanol–water partition coefficient (Wildman–Crippen LogP) is 0.449. The number of hydrogen-bond acceptors (Lipinski definition) is 5. The van der Waals surface area contributed by atoms with E-state index in [2.05, 4.69) is 4.79 Å². The summed E-state index contributed by atoms with van der Waals surface area (Å²) in [5.41, 5.74) is 6.55. The summed E-state index contributed by atoms with van der Waals surface area (Å²) in [6.45, 7) is 0. The topological polar surface area (TPSA) is 112 Å². The molecule has 1 N–H and O–H groups in total. The highest BCUT2D eigenvalue weighted by atomic mass is 32.2. The van der Waals surface area contributed by atoms with E-state index in [-0.39, 0.29) is 16.8 Å². The van der Waals surface area contributed by atoms with Gasteiger partial charge in [0.25, 0.3) is 5.78 Å². The third kappa shape index (κ3) is 1.83. The van der Waals surface area contributed by atoms with Crippen molar-refractivity contribution in [3.8, 4) is 0 Å². The number of Topliss-reactive ketones (excluding diaryl/α,β-unsaturated/α-hetero) is 1. The molecule has 17 heavy (non-hydrogen) atoms. The Morgan fingerprint density at radius 1 is 1.18 bits per heavy atom. The molecule has 0 fully saturated rings. The zero-order valence-electron chi connectivity index (χ0n) is 8.38. The normalized spacial score (nSPS) is 15.0. The Kier molecular flexibility index (Phi) is 2.51. The van der Waals surface area contributed by atoms with E-state index in [9.17, 15) is 17.8 Å². The molecule has 7 heteroatoms. The van der Waals surface area contributed by atoms with Crippen molar-refractivity contribution in [1.82, 2.24) is 0 Å². The Hall–Kier alpha value is -2.08. The Morgan fingerprint density at radius 2 is 1.76 bits per heavy atom. The molecule has 0 amide bonds. The number of hydrogen-bond donors (Lipinski definition) is 1. The summed E-state index contributed by atoms with van der Waals surface area (Å²) in [6.07, 6.45) is 0.833. The van der Waals surface area contributed by atoms with Crippen LogP contribution in [0.1, 0.15) is 15.9 Å². The zero-order chi connectivity index (χ0) is 12.6. The van der Waals surface area contributed by atoms with Crippen molar-refractivity contribution in [2.24, 2.45) is 0 Å². The number of ketones is 1. The number of nitrogens with zero attached hydrogens (tertiary/aromatic N) is 1. The van der Waals surface area contributed by atoms with Gasteiger partial charge in [0.05, 0.1) is 21.3 Å². The average molecular weight is 250 g/mol. The van der Waals surface area contributed by atoms with Crippen LogP contribution in [0.25, 0.3) is 4.91 Å². The van der Waals surface area contributed by atoms with E-state index in [1.54, 1.807) is 6.07 Å². The van der Waals surface area contributed by atoms with Crippen molar-refractivity contribution in [2.45, 2.75) is 0 Å². The van der Waals surface area contributed by atoms with Crippen LogP contribution in [0, 0.1) is 5.53 Å². The van der Waals surface area contributed by atoms with E-state index in [1.165, 1.54) is 18.2 Å². The molecule has 0 atom stereocenters. The van der Waals surface area contributed by atoms with E-state index in [0.717, 1.165) is 6.08 Å². The molecular formula is C10H6N2O4S. The van der Waals surface area contributed by atoms with Gasteiger partial charge in [-0.25, -0.2) is 8.42 Å². The van der Waals surface area contributed by atoms with Crippen LogP contribution in [0.5, 0.6) is 0 Å². The fraction of sp³-hybridized carbons (Fsp3) is 0. The maximum Gasteiger partial charge on any atom is 0.413 e. The molecular weight excluding hydrogens is 244 g/mol. The molecule has 1 aliphatic rings. The van der Waals surface area contributed by atoms with Crippen molar-refractivity contribution in [2.75, 3.05) is 0 Å². The minimum Gasteiger partial charge on any atom is -0.744 e. The molecule has 0 saturated carbocycles. The van der Waals surface area contributed by atoms with Gasteiger partial charge in [-0.1, -0.05) is 24.3 Å². The van der Waals surface area contributed by atoms with E-state index < -0.39 is 20.8 Å². The molecule has 2 rings (SSSR count). The number of carbonyl (C=O) groups is 1. The minimum absolute atomic E-state index is 0.0555. The molecule has 0 unspecified atom stereocenters. The van der Waals surface area contributed by atoms with Crippen LogP contribution in [0.3, 0.4) is 0 Å². The Bertz CT molecular complexity index is 697. The van der Waals surface area contributed by atoms with E-state index in [1.807, 2.05) is 0 Å². The number of carbonyl (C=O) groups excluding carboxylic acids is 1. The van der Waals surface area contributed by atoms with Gasteiger partial charge in [-0.3, -0.25) is 4.79 Å². The van der Waals surface area contributed by atoms with Crippen LogP contribution in [-0.2, 0) is 10.1 Å². The van der Waals surface area contributed by atoms with Gasteiger partial charge in [0, 0.05) is 11.1 Å². The second kappa shape index (κ2) is 3.74. The summed E-state index contributed by atoms with van der Waals surface area (Å²) < 4.78 is 33.2. The maximum atomic E-state index is 11.7. The van der Waals surface area contributed by atoms with Crippen LogP contribution < -0.4 is 0 Å². The number of nitrogens with one attached hydrogen (secondary N) is 1. The Labute approximate surface area is 96.6 Å². The molecule has 0 bridgehead atoms. The molecule has 1 aliphatic carbocycles. The van der Waals surface area contributed by atoms with Crippen molar-refractivity contribution in [3.63, 3.8) is 0 Å². The fourth-order valence-corrected chi connectivity index (χ4v) is 2.29. The fourth-order valence-electron chi connectivity index (χ4n) is 1.59. The van der Waals surface area contributed by atoms with Crippen molar-refractivity contribution < 1.29 is 22.6 Å². The lowest BCUT2D eigenvalue weighted by Gasteiger charge is -2.16. The molecule has 1 aromatic rings. The summed E-state index contributed by atoms with van der Waals surface area (Å²) >= 11 is 0. The van der Waals surface area contributed by atoms with E-state index >= 15 is 0 Å². The second-order valence-electron chi connectivity index (χ2n) is 3.33. The highest BCUT2D eigenvalue weighted by Gasteiger charge is 2.33. The largest absolute Gasteiger partial charge is 0.744 e. The van der Waals surface area contributed by atoms with Gasteiger partial charge in [0.2, 0.25) is 0 Å². The van der Waals surface area contributed by atoms with Crippen LogP contribution in [0.4, 0.5) is 0 Å². The first-order valence-electron chi connectivity index (χ1n) is 4.51. The van der Waals surface area contributed by atoms with Gasteiger partial charge in [-0.15, -0.1) is 0 Å². The molecule has 0 heterocycles. The van der Waals surface area contributed by atoms with Gasteiger partial charge in [-0.05, 0) is 0 Å². The van der Waals surface area contributed by atoms with Gasteiger partial charge in [-0.2, -0.15) is 0 Å². The monoisotopic (exact) mass is 250 g/mol. The summed E-state index contributed by atoms with van der Waals surface area (Å²) in [6, 6.07) is 5.82. The summed E-state index contributed by atoms with van der Waals surface area (Å²) in [5.74, 6) is -0.567. The lowest BCUT2D eigenvalue weighted by molar-refractivity contribution is -0.117. The Balaban J connectivity index is 2.85. The first-order chi connectivity index (χ1) is 7.95. The van der Waals surface area contributed by atoms with E-state index in [4.69, 9.17) is 5.53 Å². The standard InChI is InChI=1S/C10H6N2O4S/c11-12-8-5-9(17(14,15)16)6-3-1-2-4-7(6)10(8)13/h1-5,11H. The highest BCUT2D eigenvalue weighted by Crippen LogP contribution is 2.28. The number of benzene rings is 1. The summed E-state index contributed by atoms with van der Waals surface area (Å²) in [5, 5.41) is 0. The van der Waals surface area contributed by atoms with Crippen LogP contribution in [-0.4, -0.2) is 29.3 Å². The molecule has 0 spiro atoms. The number of allylic oxidation sites excluding steroid dienone is 1. The molecule has 1 aromatic carbocycles. The van der Waals surface area contributed by atoms with Crippen molar-refractivity contribution in [1.29, 1.82) is 5.53 Å². The van der Waals surface area contributed by atoms with Gasteiger partial charge < -0.3 is 4.55 Å². The van der Waals surface area contributed by atoms with Gasteiger partial charge >= 0.3 is 5.71 Å². The quantitative estimate of drug-likeness (QED) is 0.443. The number of rotatable bonds is 1. The third-order valence-electron chi connectivity index (χ3n) is 2.33. The van der Waals surface area contributed by atoms with Gasteiger partial charge in [0.15, 0.2) is 0 Å². The Morgan fingerprint density at radius 3 is 2.29 bits per heavy atom. The smallest absolute Gasteiger partial charge is 0.413 e. The first-order valence-corrected chi connectivity index (χ1v) is 5.92. The molecule has 86 valence electrons. The lowest BCUT2D eigenvalue weighted by Crippen LogP contribution is -2.22. The zero-order valence-corrected chi connectivity index (χ0v) is 9.19. The first kappa shape index (κ1) is 11.4. The van der Waals surface area contributed by atoms with Crippen molar-refractivity contribution in [3.05, 3.63) is 41.5 Å². The van der Waals surface area contributed by atoms with Gasteiger partial charge in [0.1, 0.15) is 10.1 Å². The SMILES string of the molecule is N=[N+]=C1C=C(S(=O)(=O)[O-])c2ccccc2C1=O. The molecule has 0 aliphatic heterocycles. The molecule has 0 radical (unpaired) electrons.